The maximum atomic E-state index is 13.2. The highest BCUT2D eigenvalue weighted by Crippen LogP contribution is 2.17. The van der Waals surface area contributed by atoms with Crippen LogP contribution >= 0.6 is 0 Å². The van der Waals surface area contributed by atoms with Gasteiger partial charge in [0.05, 0.1) is 6.20 Å². The monoisotopic (exact) mass is 419 g/mol. The highest BCUT2D eigenvalue weighted by Gasteiger charge is 2.21. The van der Waals surface area contributed by atoms with Crippen LogP contribution in [0.3, 0.4) is 0 Å². The van der Waals surface area contributed by atoms with Crippen LogP contribution in [0.25, 0.3) is 11.4 Å². The molecule has 3 aromatic rings. The number of nitrogens with one attached hydrogen (secondary N) is 1. The molecule has 160 valence electrons. The molecule has 31 heavy (non-hydrogen) atoms. The van der Waals surface area contributed by atoms with E-state index in [9.17, 15) is 14.4 Å². The van der Waals surface area contributed by atoms with E-state index >= 15 is 0 Å². The molecule has 0 saturated heterocycles. The lowest BCUT2D eigenvalue weighted by Crippen LogP contribution is -2.33. The van der Waals surface area contributed by atoms with E-state index in [1.54, 1.807) is 45.0 Å². The van der Waals surface area contributed by atoms with Crippen LogP contribution in [0.4, 0.5) is 5.69 Å². The van der Waals surface area contributed by atoms with Crippen molar-refractivity contribution in [3.8, 4) is 11.4 Å². The lowest BCUT2D eigenvalue weighted by molar-refractivity contribution is -0.155. The van der Waals surface area contributed by atoms with Gasteiger partial charge in [0.25, 0.3) is 11.5 Å². The van der Waals surface area contributed by atoms with Crippen LogP contribution in [0.1, 0.15) is 36.7 Å². The SMILES string of the molecule is Cc1ccc(C(=O)Nc2cnc(-c3ccccc3)n(CC(=O)OC(C)(C)C)c2=O)cc1. The van der Waals surface area contributed by atoms with Crippen molar-refractivity contribution in [2.45, 2.75) is 39.8 Å². The van der Waals surface area contributed by atoms with E-state index in [1.165, 1.54) is 10.8 Å². The predicted molar refractivity (Wildman–Crippen MR) is 119 cm³/mol. The number of carbonyl (C=O) groups is 2. The molecule has 1 aromatic heterocycles. The van der Waals surface area contributed by atoms with E-state index < -0.39 is 23.0 Å². The zero-order chi connectivity index (χ0) is 22.6. The Hall–Kier alpha value is -3.74. The number of aromatic nitrogens is 2. The Morgan fingerprint density at radius 3 is 2.29 bits per heavy atom. The zero-order valence-corrected chi connectivity index (χ0v) is 18.0. The second kappa shape index (κ2) is 8.95. The lowest BCUT2D eigenvalue weighted by Gasteiger charge is -2.21. The van der Waals surface area contributed by atoms with E-state index in [1.807, 2.05) is 37.3 Å². The van der Waals surface area contributed by atoms with Gasteiger partial charge in [0.15, 0.2) is 0 Å². The van der Waals surface area contributed by atoms with Crippen molar-refractivity contribution in [1.82, 2.24) is 9.55 Å². The molecule has 0 aliphatic rings. The summed E-state index contributed by atoms with van der Waals surface area (Å²) in [5, 5.41) is 2.60. The first-order valence-corrected chi connectivity index (χ1v) is 9.89. The molecule has 2 aromatic carbocycles. The topological polar surface area (TPSA) is 90.3 Å². The van der Waals surface area contributed by atoms with Crippen molar-refractivity contribution in [1.29, 1.82) is 0 Å². The minimum absolute atomic E-state index is 0.0196. The number of carbonyl (C=O) groups excluding carboxylic acids is 2. The number of aryl methyl sites for hydroxylation is 1. The molecule has 0 saturated carbocycles. The summed E-state index contributed by atoms with van der Waals surface area (Å²) in [6.45, 7) is 6.84. The minimum atomic E-state index is -0.696. The summed E-state index contributed by atoms with van der Waals surface area (Å²) in [7, 11) is 0. The number of hydrogen-bond donors (Lipinski definition) is 1. The highest BCUT2D eigenvalue weighted by molar-refractivity contribution is 6.04. The number of amides is 1. The minimum Gasteiger partial charge on any atom is -0.459 e. The molecule has 0 bridgehead atoms. The molecule has 7 heteroatoms. The highest BCUT2D eigenvalue weighted by atomic mass is 16.6. The molecular formula is C24H25N3O4. The van der Waals surface area contributed by atoms with Gasteiger partial charge in [-0.15, -0.1) is 0 Å². The molecule has 3 rings (SSSR count). The molecule has 0 radical (unpaired) electrons. The Labute approximate surface area is 180 Å². The van der Waals surface area contributed by atoms with Gasteiger partial charge in [-0.05, 0) is 39.8 Å². The average Bonchev–Trinajstić information content (AvgIpc) is 2.71. The van der Waals surface area contributed by atoms with Crippen LogP contribution in [0.5, 0.6) is 0 Å². The van der Waals surface area contributed by atoms with Gasteiger partial charge in [-0.2, -0.15) is 0 Å². The van der Waals surface area contributed by atoms with E-state index in [0.29, 0.717) is 17.0 Å². The fourth-order valence-corrected chi connectivity index (χ4v) is 2.94. The molecule has 7 nitrogen and oxygen atoms in total. The molecule has 0 fully saturated rings. The number of rotatable bonds is 5. The summed E-state index contributed by atoms with van der Waals surface area (Å²) in [5.41, 5.74) is 0.840. The molecule has 1 amide bonds. The van der Waals surface area contributed by atoms with E-state index in [-0.39, 0.29) is 12.2 Å². The third kappa shape index (κ3) is 5.66. The second-order valence-corrected chi connectivity index (χ2v) is 8.16. The maximum absolute atomic E-state index is 13.2. The van der Waals surface area contributed by atoms with Gasteiger partial charge in [0, 0.05) is 11.1 Å². The summed E-state index contributed by atoms with van der Waals surface area (Å²) in [6.07, 6.45) is 1.31. The largest absolute Gasteiger partial charge is 0.459 e. The predicted octanol–water partition coefficient (Wildman–Crippen LogP) is 3.81. The second-order valence-electron chi connectivity index (χ2n) is 8.16. The molecule has 1 N–H and O–H groups in total. The van der Waals surface area contributed by atoms with Crippen molar-refractivity contribution in [3.05, 3.63) is 82.3 Å². The normalized spacial score (nSPS) is 11.1. The molecule has 0 unspecified atom stereocenters. The van der Waals surface area contributed by atoms with E-state index in [0.717, 1.165) is 5.56 Å². The van der Waals surface area contributed by atoms with Gasteiger partial charge >= 0.3 is 5.97 Å². The van der Waals surface area contributed by atoms with Crippen LogP contribution < -0.4 is 10.9 Å². The quantitative estimate of drug-likeness (QED) is 0.635. The standard InChI is InChI=1S/C24H25N3O4/c1-16-10-12-18(13-11-16)22(29)26-19-14-25-21(17-8-6-5-7-9-17)27(23(19)30)15-20(28)31-24(2,3)4/h5-14H,15H2,1-4H3,(H,26,29). The van der Waals surface area contributed by atoms with Crippen molar-refractivity contribution in [2.24, 2.45) is 0 Å². The third-order valence-corrected chi connectivity index (χ3v) is 4.35. The average molecular weight is 419 g/mol. The first-order valence-electron chi connectivity index (χ1n) is 9.89. The number of hydrogen-bond acceptors (Lipinski definition) is 5. The van der Waals surface area contributed by atoms with Gasteiger partial charge in [0.1, 0.15) is 23.7 Å². The Kier molecular flexibility index (Phi) is 6.34. The lowest BCUT2D eigenvalue weighted by atomic mass is 10.1. The third-order valence-electron chi connectivity index (χ3n) is 4.35. The van der Waals surface area contributed by atoms with Gasteiger partial charge < -0.3 is 10.1 Å². The molecule has 0 aliphatic heterocycles. The Bertz CT molecular complexity index is 1140. The maximum Gasteiger partial charge on any atom is 0.326 e. The van der Waals surface area contributed by atoms with Crippen molar-refractivity contribution < 1.29 is 14.3 Å². The summed E-state index contributed by atoms with van der Waals surface area (Å²) in [6, 6.07) is 16.0. The first kappa shape index (κ1) is 22.0. The summed E-state index contributed by atoms with van der Waals surface area (Å²) < 4.78 is 6.59. The van der Waals surface area contributed by atoms with Crippen LogP contribution in [0, 0.1) is 6.92 Å². The molecule has 1 heterocycles. The first-order chi connectivity index (χ1) is 14.6. The number of benzene rings is 2. The Morgan fingerprint density at radius 1 is 1.03 bits per heavy atom. The Balaban J connectivity index is 1.98. The smallest absolute Gasteiger partial charge is 0.326 e. The summed E-state index contributed by atoms with van der Waals surface area (Å²) >= 11 is 0. The van der Waals surface area contributed by atoms with E-state index in [4.69, 9.17) is 4.74 Å². The summed E-state index contributed by atoms with van der Waals surface area (Å²) in [4.78, 5) is 42.6. The molecule has 0 spiro atoms. The van der Waals surface area contributed by atoms with Crippen LogP contribution in [-0.2, 0) is 16.1 Å². The fourth-order valence-electron chi connectivity index (χ4n) is 2.94. The van der Waals surface area contributed by atoms with Crippen molar-refractivity contribution in [2.75, 3.05) is 5.32 Å². The number of nitrogens with zero attached hydrogens (tertiary/aromatic N) is 2. The van der Waals surface area contributed by atoms with Crippen molar-refractivity contribution >= 4 is 17.6 Å². The fraction of sp³-hybridized carbons (Fsp3) is 0.250. The van der Waals surface area contributed by atoms with Gasteiger partial charge in [-0.1, -0.05) is 48.0 Å². The zero-order valence-electron chi connectivity index (χ0n) is 18.0. The molecular weight excluding hydrogens is 394 g/mol. The summed E-state index contributed by atoms with van der Waals surface area (Å²) in [5.74, 6) is -0.699. The number of anilines is 1. The van der Waals surface area contributed by atoms with Crippen LogP contribution in [0.2, 0.25) is 0 Å². The molecule has 0 aliphatic carbocycles. The number of ether oxygens (including phenoxy) is 1. The van der Waals surface area contributed by atoms with Crippen LogP contribution in [0.15, 0.2) is 65.6 Å². The van der Waals surface area contributed by atoms with Gasteiger partial charge in [-0.25, -0.2) is 4.98 Å². The van der Waals surface area contributed by atoms with Crippen molar-refractivity contribution in [3.63, 3.8) is 0 Å². The Morgan fingerprint density at radius 2 is 1.68 bits per heavy atom. The number of esters is 1. The van der Waals surface area contributed by atoms with Crippen LogP contribution in [-0.4, -0.2) is 27.0 Å². The van der Waals surface area contributed by atoms with Gasteiger partial charge in [0.2, 0.25) is 0 Å². The van der Waals surface area contributed by atoms with E-state index in [2.05, 4.69) is 10.3 Å². The molecule has 0 atom stereocenters. The van der Waals surface area contributed by atoms with Gasteiger partial charge in [-0.3, -0.25) is 19.0 Å².